The van der Waals surface area contributed by atoms with E-state index in [0.29, 0.717) is 4.47 Å². The SMILES string of the molecule is CON(C)S(=O)(=O)c1cc(C(=O)O[C@@H]2CCOC2=O)ccc1Cl. The summed E-state index contributed by atoms with van der Waals surface area (Å²) < 4.78 is 34.8. The smallest absolute Gasteiger partial charge is 0.347 e. The molecule has 0 N–H and O–H groups in total. The second-order valence-electron chi connectivity index (χ2n) is 4.59. The van der Waals surface area contributed by atoms with Gasteiger partial charge in [0.05, 0.1) is 24.3 Å². The topological polar surface area (TPSA) is 99.2 Å². The largest absolute Gasteiger partial charge is 0.463 e. The molecular formula is C13H14ClNO7S. The van der Waals surface area contributed by atoms with Crippen LogP contribution in [0.2, 0.25) is 5.02 Å². The van der Waals surface area contributed by atoms with Gasteiger partial charge in [-0.05, 0) is 18.2 Å². The molecule has 0 amide bonds. The Labute approximate surface area is 137 Å². The molecule has 8 nitrogen and oxygen atoms in total. The Bertz CT molecular complexity index is 734. The summed E-state index contributed by atoms with van der Waals surface area (Å²) in [7, 11) is -1.67. The molecule has 0 unspecified atom stereocenters. The second-order valence-corrected chi connectivity index (χ2v) is 6.90. The molecule has 0 bridgehead atoms. The predicted octanol–water partition coefficient (Wildman–Crippen LogP) is 0.994. The lowest BCUT2D eigenvalue weighted by atomic mass is 10.2. The Balaban J connectivity index is 2.30. The lowest BCUT2D eigenvalue weighted by molar-refractivity contribution is -0.145. The molecule has 126 valence electrons. The summed E-state index contributed by atoms with van der Waals surface area (Å²) in [5.41, 5.74) is -0.0582. The highest BCUT2D eigenvalue weighted by Gasteiger charge is 2.31. The summed E-state index contributed by atoms with van der Waals surface area (Å²) in [5.74, 6) is -1.47. The molecule has 1 saturated heterocycles. The third kappa shape index (κ3) is 3.63. The van der Waals surface area contributed by atoms with Gasteiger partial charge in [-0.15, -0.1) is 0 Å². The van der Waals surface area contributed by atoms with Crippen molar-refractivity contribution in [1.82, 2.24) is 4.47 Å². The van der Waals surface area contributed by atoms with E-state index >= 15 is 0 Å². The van der Waals surface area contributed by atoms with Crippen LogP contribution in [-0.4, -0.2) is 51.7 Å². The molecule has 0 saturated carbocycles. The van der Waals surface area contributed by atoms with Crippen LogP contribution in [0.15, 0.2) is 23.1 Å². The molecule has 0 aliphatic carbocycles. The zero-order chi connectivity index (χ0) is 17.2. The number of sulfonamides is 1. The van der Waals surface area contributed by atoms with Gasteiger partial charge in [0.25, 0.3) is 10.0 Å². The summed E-state index contributed by atoms with van der Waals surface area (Å²) >= 11 is 5.89. The van der Waals surface area contributed by atoms with Gasteiger partial charge in [0.2, 0.25) is 6.10 Å². The van der Waals surface area contributed by atoms with Crippen molar-refractivity contribution in [2.45, 2.75) is 17.4 Å². The van der Waals surface area contributed by atoms with Crippen molar-refractivity contribution in [3.8, 4) is 0 Å². The number of halogens is 1. The maximum atomic E-state index is 12.2. The molecular weight excluding hydrogens is 350 g/mol. The predicted molar refractivity (Wildman–Crippen MR) is 78.2 cm³/mol. The van der Waals surface area contributed by atoms with Gasteiger partial charge in [0.1, 0.15) is 4.90 Å². The van der Waals surface area contributed by atoms with E-state index in [-0.39, 0.29) is 28.5 Å². The van der Waals surface area contributed by atoms with Gasteiger partial charge in [-0.1, -0.05) is 16.1 Å². The highest BCUT2D eigenvalue weighted by atomic mass is 35.5. The minimum absolute atomic E-state index is 0.0582. The van der Waals surface area contributed by atoms with E-state index in [2.05, 4.69) is 9.57 Å². The van der Waals surface area contributed by atoms with Gasteiger partial charge < -0.3 is 9.47 Å². The Hall–Kier alpha value is -1.68. The fourth-order valence-electron chi connectivity index (χ4n) is 1.85. The molecule has 1 aliphatic heterocycles. The number of rotatable bonds is 5. The molecule has 1 aromatic carbocycles. The number of hydrogen-bond acceptors (Lipinski definition) is 7. The number of esters is 2. The standard InChI is InChI=1S/C13H14ClNO7S/c1-15(20-2)23(18,19)11-7-8(3-4-9(11)14)12(16)22-10-5-6-21-13(10)17/h3-4,7,10H,5-6H2,1-2H3/t10-/m1/s1. The zero-order valence-electron chi connectivity index (χ0n) is 12.3. The van der Waals surface area contributed by atoms with E-state index in [4.69, 9.17) is 16.3 Å². The van der Waals surface area contributed by atoms with Gasteiger partial charge in [0, 0.05) is 13.5 Å². The lowest BCUT2D eigenvalue weighted by Gasteiger charge is -2.16. The Kier molecular flexibility index (Phi) is 5.25. The van der Waals surface area contributed by atoms with Crippen LogP contribution in [0.1, 0.15) is 16.8 Å². The van der Waals surface area contributed by atoms with E-state index in [0.717, 1.165) is 6.07 Å². The summed E-state index contributed by atoms with van der Waals surface area (Å²) in [5, 5.41) is -0.0780. The fourth-order valence-corrected chi connectivity index (χ4v) is 3.32. The van der Waals surface area contributed by atoms with Gasteiger partial charge in [-0.2, -0.15) is 0 Å². The summed E-state index contributed by atoms with van der Waals surface area (Å²) in [6.45, 7) is 0.176. The minimum Gasteiger partial charge on any atom is -0.463 e. The number of cyclic esters (lactones) is 1. The fraction of sp³-hybridized carbons (Fsp3) is 0.385. The van der Waals surface area contributed by atoms with Crippen LogP contribution >= 0.6 is 11.6 Å². The van der Waals surface area contributed by atoms with E-state index in [1.807, 2.05) is 0 Å². The zero-order valence-corrected chi connectivity index (χ0v) is 13.9. The number of benzene rings is 1. The average molecular weight is 364 g/mol. The molecule has 23 heavy (non-hydrogen) atoms. The number of ether oxygens (including phenoxy) is 2. The highest BCUT2D eigenvalue weighted by Crippen LogP contribution is 2.26. The average Bonchev–Trinajstić information content (AvgIpc) is 2.91. The Morgan fingerprint density at radius 1 is 1.43 bits per heavy atom. The number of hydroxylamine groups is 1. The highest BCUT2D eigenvalue weighted by molar-refractivity contribution is 7.89. The molecule has 0 aromatic heterocycles. The molecule has 1 atom stereocenters. The third-order valence-corrected chi connectivity index (χ3v) is 5.34. The number of carbonyl (C=O) groups is 2. The van der Waals surface area contributed by atoms with Crippen molar-refractivity contribution >= 4 is 33.6 Å². The van der Waals surface area contributed by atoms with E-state index in [9.17, 15) is 18.0 Å². The summed E-state index contributed by atoms with van der Waals surface area (Å²) in [6, 6.07) is 3.62. The van der Waals surface area contributed by atoms with Gasteiger partial charge in [-0.3, -0.25) is 4.84 Å². The maximum Gasteiger partial charge on any atom is 0.347 e. The first-order chi connectivity index (χ1) is 10.8. The summed E-state index contributed by atoms with van der Waals surface area (Å²) in [4.78, 5) is 27.7. The Morgan fingerprint density at radius 3 is 2.70 bits per heavy atom. The number of carbonyl (C=O) groups excluding carboxylic acids is 2. The molecule has 0 spiro atoms. The minimum atomic E-state index is -4.03. The normalized spacial score (nSPS) is 18.1. The first-order valence-electron chi connectivity index (χ1n) is 6.47. The van der Waals surface area contributed by atoms with Crippen LogP contribution in [0.3, 0.4) is 0 Å². The monoisotopic (exact) mass is 363 g/mol. The van der Waals surface area contributed by atoms with Crippen LogP contribution in [-0.2, 0) is 29.1 Å². The molecule has 10 heteroatoms. The third-order valence-electron chi connectivity index (χ3n) is 3.18. The van der Waals surface area contributed by atoms with Crippen molar-refractivity contribution < 1.29 is 32.3 Å². The van der Waals surface area contributed by atoms with Crippen molar-refractivity contribution in [2.75, 3.05) is 20.8 Å². The summed E-state index contributed by atoms with van der Waals surface area (Å²) in [6.07, 6.45) is -0.727. The molecule has 1 fully saturated rings. The van der Waals surface area contributed by atoms with Gasteiger partial charge >= 0.3 is 11.9 Å². The quantitative estimate of drug-likeness (QED) is 0.568. The first-order valence-corrected chi connectivity index (χ1v) is 8.29. The van der Waals surface area contributed by atoms with E-state index in [1.54, 1.807) is 0 Å². The van der Waals surface area contributed by atoms with Crippen LogP contribution in [0.4, 0.5) is 0 Å². The molecule has 0 radical (unpaired) electrons. The molecule has 1 aromatic rings. The first kappa shape index (κ1) is 17.7. The van der Waals surface area contributed by atoms with Crippen LogP contribution in [0, 0.1) is 0 Å². The van der Waals surface area contributed by atoms with Gasteiger partial charge in [0.15, 0.2) is 0 Å². The number of hydrogen-bond donors (Lipinski definition) is 0. The second kappa shape index (κ2) is 6.83. The van der Waals surface area contributed by atoms with Crippen molar-refractivity contribution in [3.63, 3.8) is 0 Å². The molecule has 1 heterocycles. The lowest BCUT2D eigenvalue weighted by Crippen LogP contribution is -2.26. The van der Waals surface area contributed by atoms with Gasteiger partial charge in [-0.25, -0.2) is 18.0 Å². The van der Waals surface area contributed by atoms with Crippen molar-refractivity contribution in [1.29, 1.82) is 0 Å². The molecule has 1 aliphatic rings. The van der Waals surface area contributed by atoms with Crippen molar-refractivity contribution in [2.24, 2.45) is 0 Å². The maximum absolute atomic E-state index is 12.2. The molecule has 2 rings (SSSR count). The van der Waals surface area contributed by atoms with E-state index < -0.39 is 28.1 Å². The van der Waals surface area contributed by atoms with Crippen LogP contribution < -0.4 is 0 Å². The van der Waals surface area contributed by atoms with E-state index in [1.165, 1.54) is 26.3 Å². The number of nitrogens with zero attached hydrogens (tertiary/aromatic N) is 1. The van der Waals surface area contributed by atoms with Crippen molar-refractivity contribution in [3.05, 3.63) is 28.8 Å². The van der Waals surface area contributed by atoms with Crippen LogP contribution in [0.5, 0.6) is 0 Å². The Morgan fingerprint density at radius 2 is 2.13 bits per heavy atom. The van der Waals surface area contributed by atoms with Crippen LogP contribution in [0.25, 0.3) is 0 Å².